The van der Waals surface area contributed by atoms with Crippen molar-refractivity contribution in [3.05, 3.63) is 83.6 Å². The van der Waals surface area contributed by atoms with Crippen molar-refractivity contribution in [3.8, 4) is 11.5 Å². The Labute approximate surface area is 174 Å². The van der Waals surface area contributed by atoms with Gasteiger partial charge in [-0.05, 0) is 60.2 Å². The fraction of sp³-hybridized carbons (Fsp3) is 0.136. The Bertz CT molecular complexity index is 976. The van der Waals surface area contributed by atoms with Gasteiger partial charge in [0, 0.05) is 23.1 Å². The van der Waals surface area contributed by atoms with Crippen LogP contribution >= 0.6 is 11.8 Å². The number of hydrazone groups is 1. The van der Waals surface area contributed by atoms with Crippen LogP contribution < -0.4 is 14.9 Å². The van der Waals surface area contributed by atoms with E-state index in [1.54, 1.807) is 62.7 Å². The summed E-state index contributed by atoms with van der Waals surface area (Å²) in [6, 6.07) is 18.4. The Balaban J connectivity index is 1.64. The number of thioether (sulfide) groups is 1. The quantitative estimate of drug-likeness (QED) is 0.345. The highest BCUT2D eigenvalue weighted by atomic mass is 32.2. The second-order valence-electron chi connectivity index (χ2n) is 5.96. The van der Waals surface area contributed by atoms with E-state index in [9.17, 15) is 4.79 Å². The second kappa shape index (κ2) is 10.3. The highest BCUT2D eigenvalue weighted by Crippen LogP contribution is 2.27. The lowest BCUT2D eigenvalue weighted by atomic mass is 10.1. The number of carbonyl (C=O) groups excluding carboxylic acids is 1. The smallest absolute Gasteiger partial charge is 0.271 e. The van der Waals surface area contributed by atoms with E-state index in [1.807, 2.05) is 36.4 Å². The first-order valence-electron chi connectivity index (χ1n) is 8.88. The molecule has 0 aliphatic rings. The van der Waals surface area contributed by atoms with Crippen LogP contribution in [0, 0.1) is 0 Å². The van der Waals surface area contributed by atoms with E-state index in [4.69, 9.17) is 9.47 Å². The Hall–Kier alpha value is -3.32. The fourth-order valence-electron chi connectivity index (χ4n) is 2.55. The van der Waals surface area contributed by atoms with Crippen molar-refractivity contribution < 1.29 is 14.3 Å². The molecule has 0 spiro atoms. The summed E-state index contributed by atoms with van der Waals surface area (Å²) in [5.41, 5.74) is 4.92. The summed E-state index contributed by atoms with van der Waals surface area (Å²) in [5, 5.41) is 5.00. The average molecular weight is 407 g/mol. The third-order valence-electron chi connectivity index (χ3n) is 4.05. The number of ether oxygens (including phenoxy) is 2. The fourth-order valence-corrected chi connectivity index (χ4v) is 3.39. The number of nitrogens with zero attached hydrogens (tertiary/aromatic N) is 2. The maximum absolute atomic E-state index is 12.2. The first kappa shape index (κ1) is 20.4. The molecule has 0 saturated carbocycles. The summed E-state index contributed by atoms with van der Waals surface area (Å²) in [7, 11) is 3.23. The number of benzene rings is 2. The summed E-state index contributed by atoms with van der Waals surface area (Å²) in [6.07, 6.45) is 3.38. The predicted octanol–water partition coefficient (Wildman–Crippen LogP) is 4.16. The van der Waals surface area contributed by atoms with Crippen molar-refractivity contribution in [2.45, 2.75) is 10.8 Å². The van der Waals surface area contributed by atoms with Gasteiger partial charge >= 0.3 is 0 Å². The van der Waals surface area contributed by atoms with Gasteiger partial charge in [-0.25, -0.2) is 10.4 Å². The molecule has 0 bridgehead atoms. The summed E-state index contributed by atoms with van der Waals surface area (Å²) in [6.45, 7) is 0. The zero-order chi connectivity index (χ0) is 20.5. The topological polar surface area (TPSA) is 72.8 Å². The molecule has 1 N–H and O–H groups in total. The third-order valence-corrected chi connectivity index (χ3v) is 5.04. The van der Waals surface area contributed by atoms with Crippen molar-refractivity contribution in [1.29, 1.82) is 0 Å². The van der Waals surface area contributed by atoms with E-state index >= 15 is 0 Å². The second-order valence-corrected chi connectivity index (χ2v) is 6.95. The van der Waals surface area contributed by atoms with Gasteiger partial charge in [0.2, 0.25) is 0 Å². The predicted molar refractivity (Wildman–Crippen MR) is 115 cm³/mol. The number of hydrogen-bond donors (Lipinski definition) is 1. The van der Waals surface area contributed by atoms with E-state index in [2.05, 4.69) is 15.5 Å². The molecule has 1 heterocycles. The number of methoxy groups -OCH3 is 2. The molecule has 148 valence electrons. The molecule has 0 aliphatic carbocycles. The van der Waals surface area contributed by atoms with Crippen molar-refractivity contribution >= 4 is 23.9 Å². The minimum Gasteiger partial charge on any atom is -0.497 e. The molecular formula is C22H21N3O3S. The molecule has 29 heavy (non-hydrogen) atoms. The maximum atomic E-state index is 12.2. The Morgan fingerprint density at radius 1 is 1.10 bits per heavy atom. The van der Waals surface area contributed by atoms with Crippen LogP contribution in [0.15, 0.2) is 77.0 Å². The van der Waals surface area contributed by atoms with Crippen LogP contribution in [0.5, 0.6) is 11.5 Å². The number of carbonyl (C=O) groups is 1. The van der Waals surface area contributed by atoms with Crippen LogP contribution in [-0.2, 0) is 5.75 Å². The van der Waals surface area contributed by atoms with Gasteiger partial charge in [0.25, 0.3) is 5.91 Å². The number of amides is 1. The monoisotopic (exact) mass is 407 g/mol. The van der Waals surface area contributed by atoms with Gasteiger partial charge in [-0.3, -0.25) is 4.79 Å². The highest BCUT2D eigenvalue weighted by molar-refractivity contribution is 7.98. The van der Waals surface area contributed by atoms with Gasteiger partial charge in [0.05, 0.1) is 25.5 Å². The largest absolute Gasteiger partial charge is 0.497 e. The van der Waals surface area contributed by atoms with Crippen LogP contribution in [0.4, 0.5) is 0 Å². The molecule has 0 unspecified atom stereocenters. The molecule has 0 saturated heterocycles. The molecule has 0 fully saturated rings. The number of pyridine rings is 1. The van der Waals surface area contributed by atoms with Crippen LogP contribution in [0.25, 0.3) is 0 Å². The average Bonchev–Trinajstić information content (AvgIpc) is 2.78. The Morgan fingerprint density at radius 2 is 1.93 bits per heavy atom. The molecule has 6 nitrogen and oxygen atoms in total. The Kier molecular flexibility index (Phi) is 7.24. The van der Waals surface area contributed by atoms with E-state index < -0.39 is 0 Å². The molecule has 2 aromatic carbocycles. The number of hydrogen-bond acceptors (Lipinski definition) is 6. The van der Waals surface area contributed by atoms with Crippen molar-refractivity contribution in [3.63, 3.8) is 0 Å². The third kappa shape index (κ3) is 5.83. The minimum atomic E-state index is -0.289. The van der Waals surface area contributed by atoms with Gasteiger partial charge in [0.15, 0.2) is 0 Å². The first-order valence-corrected chi connectivity index (χ1v) is 9.86. The molecule has 0 atom stereocenters. The summed E-state index contributed by atoms with van der Waals surface area (Å²) in [4.78, 5) is 16.5. The van der Waals surface area contributed by atoms with Crippen molar-refractivity contribution in [1.82, 2.24) is 10.4 Å². The van der Waals surface area contributed by atoms with Crippen LogP contribution in [-0.4, -0.2) is 31.3 Å². The van der Waals surface area contributed by atoms with Gasteiger partial charge in [-0.15, -0.1) is 11.8 Å². The normalized spacial score (nSPS) is 10.7. The van der Waals surface area contributed by atoms with E-state index in [0.717, 1.165) is 21.9 Å². The molecule has 3 rings (SSSR count). The summed E-state index contributed by atoms with van der Waals surface area (Å²) in [5.74, 6) is 1.91. The molecular weight excluding hydrogens is 386 g/mol. The van der Waals surface area contributed by atoms with Crippen molar-refractivity contribution in [2.24, 2.45) is 5.10 Å². The van der Waals surface area contributed by atoms with E-state index in [1.165, 1.54) is 0 Å². The summed E-state index contributed by atoms with van der Waals surface area (Å²) >= 11 is 1.63. The van der Waals surface area contributed by atoms with Gasteiger partial charge in [0.1, 0.15) is 11.5 Å². The molecule has 1 aromatic heterocycles. The summed E-state index contributed by atoms with van der Waals surface area (Å²) < 4.78 is 10.5. The van der Waals surface area contributed by atoms with Gasteiger partial charge < -0.3 is 9.47 Å². The van der Waals surface area contributed by atoms with Crippen LogP contribution in [0.2, 0.25) is 0 Å². The lowest BCUT2D eigenvalue weighted by Crippen LogP contribution is -2.17. The number of aromatic nitrogens is 1. The SMILES string of the molecule is COc1ccc(C(=O)N/N=C\c2ccc(OC)c(CSc3ccccn3)c2)cc1. The highest BCUT2D eigenvalue weighted by Gasteiger charge is 2.07. The van der Waals surface area contributed by atoms with Crippen molar-refractivity contribution in [2.75, 3.05) is 14.2 Å². The molecule has 0 aliphatic heterocycles. The molecule has 1 amide bonds. The Morgan fingerprint density at radius 3 is 2.62 bits per heavy atom. The van der Waals surface area contributed by atoms with E-state index in [-0.39, 0.29) is 5.91 Å². The zero-order valence-corrected chi connectivity index (χ0v) is 17.0. The first-order chi connectivity index (χ1) is 14.2. The molecule has 0 radical (unpaired) electrons. The maximum Gasteiger partial charge on any atom is 0.271 e. The van der Waals surface area contributed by atoms with Gasteiger partial charge in [-0.2, -0.15) is 5.10 Å². The number of rotatable bonds is 8. The number of nitrogens with one attached hydrogen (secondary N) is 1. The molecule has 3 aromatic rings. The minimum absolute atomic E-state index is 0.289. The van der Waals surface area contributed by atoms with Gasteiger partial charge in [-0.1, -0.05) is 6.07 Å². The van der Waals surface area contributed by atoms with Crippen LogP contribution in [0.1, 0.15) is 21.5 Å². The zero-order valence-electron chi connectivity index (χ0n) is 16.2. The lowest BCUT2D eigenvalue weighted by Gasteiger charge is -2.09. The lowest BCUT2D eigenvalue weighted by molar-refractivity contribution is 0.0955. The van der Waals surface area contributed by atoms with E-state index in [0.29, 0.717) is 17.1 Å². The van der Waals surface area contributed by atoms with Crippen LogP contribution in [0.3, 0.4) is 0 Å². The standard InChI is InChI=1S/C22H21N3O3S/c1-27-19-9-7-17(8-10-19)22(26)25-24-14-16-6-11-20(28-2)18(13-16)15-29-21-5-3-4-12-23-21/h3-14H,15H2,1-2H3,(H,25,26)/b24-14-. The molecule has 7 heteroatoms.